The van der Waals surface area contributed by atoms with Gasteiger partial charge in [-0.15, -0.1) is 11.6 Å². The van der Waals surface area contributed by atoms with E-state index in [1.165, 1.54) is 4.90 Å². The minimum absolute atomic E-state index is 0.0281. The molecule has 3 nitrogen and oxygen atoms in total. The molecule has 102 valence electrons. The van der Waals surface area contributed by atoms with Crippen LogP contribution in [0, 0.1) is 0 Å². The van der Waals surface area contributed by atoms with E-state index in [0.29, 0.717) is 18.4 Å². The van der Waals surface area contributed by atoms with E-state index in [2.05, 4.69) is 0 Å². The fourth-order valence-corrected chi connectivity index (χ4v) is 2.57. The first-order chi connectivity index (χ1) is 9.06. The van der Waals surface area contributed by atoms with Crippen LogP contribution in [-0.2, 0) is 17.6 Å². The first-order valence-corrected chi connectivity index (χ1v) is 6.63. The summed E-state index contributed by atoms with van der Waals surface area (Å²) in [6, 6.07) is 5.44. The van der Waals surface area contributed by atoms with Gasteiger partial charge >= 0.3 is 0 Å². The van der Waals surface area contributed by atoms with Crippen LogP contribution in [0.5, 0.6) is 0 Å². The quantitative estimate of drug-likeness (QED) is 0.626. The summed E-state index contributed by atoms with van der Waals surface area (Å²) in [5.41, 5.74) is 2.74. The van der Waals surface area contributed by atoms with Gasteiger partial charge in [0.2, 0.25) is 0 Å². The van der Waals surface area contributed by atoms with Gasteiger partial charge in [0.15, 0.2) is 12.5 Å². The number of alkyl halides is 2. The van der Waals surface area contributed by atoms with Gasteiger partial charge in [-0.25, -0.2) is 4.39 Å². The van der Waals surface area contributed by atoms with Crippen LogP contribution in [0.2, 0.25) is 0 Å². The third kappa shape index (κ3) is 2.78. The van der Waals surface area contributed by atoms with Crippen molar-refractivity contribution in [2.75, 3.05) is 19.6 Å². The molecule has 1 aromatic carbocycles. The average molecular weight is 284 g/mol. The van der Waals surface area contributed by atoms with E-state index in [9.17, 15) is 14.0 Å². The Bertz CT molecular complexity index is 518. The smallest absolute Gasteiger partial charge is 0.253 e. The van der Waals surface area contributed by atoms with Gasteiger partial charge in [0, 0.05) is 18.7 Å². The number of carbonyl (C=O) groups is 2. The largest absolute Gasteiger partial charge is 0.340 e. The highest BCUT2D eigenvalue weighted by atomic mass is 35.5. The molecule has 19 heavy (non-hydrogen) atoms. The number of benzene rings is 1. The molecule has 1 aliphatic rings. The number of amides is 1. The van der Waals surface area contributed by atoms with E-state index in [0.717, 1.165) is 11.1 Å². The number of nitrogens with zero attached hydrogens (tertiary/aromatic N) is 1. The lowest BCUT2D eigenvalue weighted by atomic mass is 10.0. The van der Waals surface area contributed by atoms with Gasteiger partial charge in [-0.1, -0.05) is 12.1 Å². The third-order valence-electron chi connectivity index (χ3n) is 3.62. The van der Waals surface area contributed by atoms with E-state index in [4.69, 9.17) is 11.6 Å². The number of fused-ring (bicyclic) bond motifs is 1. The summed E-state index contributed by atoms with van der Waals surface area (Å²) < 4.78 is 12.4. The Morgan fingerprint density at radius 1 is 1.37 bits per heavy atom. The fraction of sp³-hybridized carbons (Fsp3) is 0.429. The SMILES string of the molecule is CN(C(=O)CF)C1Cc2ccc(C(=O)CCl)cc2C1. The second kappa shape index (κ2) is 5.70. The van der Waals surface area contributed by atoms with Crippen molar-refractivity contribution in [3.63, 3.8) is 0 Å². The number of rotatable bonds is 4. The zero-order valence-electron chi connectivity index (χ0n) is 10.7. The maximum atomic E-state index is 12.4. The number of likely N-dealkylation sites (N-methyl/N-ethyl adjacent to an activating group) is 1. The van der Waals surface area contributed by atoms with Crippen molar-refractivity contribution >= 4 is 23.3 Å². The summed E-state index contributed by atoms with van der Waals surface area (Å²) in [5.74, 6) is -0.654. The lowest BCUT2D eigenvalue weighted by Gasteiger charge is -2.22. The van der Waals surface area contributed by atoms with Gasteiger partial charge in [0.25, 0.3) is 5.91 Å². The number of hydrogen-bond donors (Lipinski definition) is 0. The average Bonchev–Trinajstić information content (AvgIpc) is 2.87. The van der Waals surface area contributed by atoms with Gasteiger partial charge in [0.05, 0.1) is 5.88 Å². The Kier molecular flexibility index (Phi) is 4.20. The van der Waals surface area contributed by atoms with Crippen molar-refractivity contribution < 1.29 is 14.0 Å². The van der Waals surface area contributed by atoms with Crippen LogP contribution in [0.25, 0.3) is 0 Å². The van der Waals surface area contributed by atoms with Crippen LogP contribution in [0.4, 0.5) is 4.39 Å². The third-order valence-corrected chi connectivity index (χ3v) is 3.86. The molecule has 0 aliphatic heterocycles. The van der Waals surface area contributed by atoms with Crippen molar-refractivity contribution in [1.82, 2.24) is 4.90 Å². The number of hydrogen-bond acceptors (Lipinski definition) is 2. The fourth-order valence-electron chi connectivity index (χ4n) is 2.42. The topological polar surface area (TPSA) is 37.4 Å². The highest BCUT2D eigenvalue weighted by Gasteiger charge is 2.27. The molecule has 1 amide bonds. The van der Waals surface area contributed by atoms with Gasteiger partial charge in [-0.3, -0.25) is 9.59 Å². The molecule has 1 atom stereocenters. The molecule has 0 saturated heterocycles. The van der Waals surface area contributed by atoms with E-state index in [1.54, 1.807) is 13.1 Å². The molecule has 0 radical (unpaired) electrons. The molecule has 0 heterocycles. The van der Waals surface area contributed by atoms with Crippen molar-refractivity contribution in [2.45, 2.75) is 18.9 Å². The summed E-state index contributed by atoms with van der Waals surface area (Å²) in [7, 11) is 1.61. The molecule has 0 N–H and O–H groups in total. The highest BCUT2D eigenvalue weighted by Crippen LogP contribution is 2.26. The Morgan fingerprint density at radius 3 is 2.68 bits per heavy atom. The first-order valence-electron chi connectivity index (χ1n) is 6.09. The van der Waals surface area contributed by atoms with Gasteiger partial charge in [0.1, 0.15) is 0 Å². The minimum Gasteiger partial charge on any atom is -0.340 e. The molecule has 1 unspecified atom stereocenters. The van der Waals surface area contributed by atoms with Crippen molar-refractivity contribution in [2.24, 2.45) is 0 Å². The Balaban J connectivity index is 2.16. The monoisotopic (exact) mass is 283 g/mol. The predicted octanol–water partition coefficient (Wildman–Crippen LogP) is 2.00. The van der Waals surface area contributed by atoms with Crippen LogP contribution >= 0.6 is 11.6 Å². The molecule has 2 rings (SSSR count). The van der Waals surface area contributed by atoms with Crippen LogP contribution in [0.15, 0.2) is 18.2 Å². The zero-order chi connectivity index (χ0) is 14.0. The molecular weight excluding hydrogens is 269 g/mol. The predicted molar refractivity (Wildman–Crippen MR) is 71.4 cm³/mol. The van der Waals surface area contributed by atoms with Crippen LogP contribution in [-0.4, -0.2) is 42.2 Å². The molecule has 5 heteroatoms. The van der Waals surface area contributed by atoms with Gasteiger partial charge < -0.3 is 4.90 Å². The van der Waals surface area contributed by atoms with Crippen molar-refractivity contribution in [3.8, 4) is 0 Å². The Morgan fingerprint density at radius 2 is 2.05 bits per heavy atom. The molecule has 0 spiro atoms. The maximum absolute atomic E-state index is 12.4. The van der Waals surface area contributed by atoms with Crippen molar-refractivity contribution in [3.05, 3.63) is 34.9 Å². The molecule has 0 bridgehead atoms. The normalized spacial score (nSPS) is 17.1. The molecule has 1 aromatic rings. The molecule has 0 aromatic heterocycles. The standard InChI is InChI=1S/C14H15ClFNO2/c1-17(14(19)8-16)12-5-9-2-3-10(13(18)7-15)4-11(9)6-12/h2-4,12H,5-8H2,1H3. The number of Topliss-reactive ketones (excluding diaryl/α,β-unsaturated/α-hetero) is 1. The number of halogens is 2. The second-order valence-corrected chi connectivity index (χ2v) is 5.01. The Hall–Kier alpha value is -1.42. The zero-order valence-corrected chi connectivity index (χ0v) is 11.4. The summed E-state index contributed by atoms with van der Waals surface area (Å²) in [5, 5.41) is 0. The Labute approximate surface area is 116 Å². The maximum Gasteiger partial charge on any atom is 0.253 e. The van der Waals surface area contributed by atoms with E-state index >= 15 is 0 Å². The summed E-state index contributed by atoms with van der Waals surface area (Å²) in [6.07, 6.45) is 1.36. The summed E-state index contributed by atoms with van der Waals surface area (Å²) >= 11 is 5.53. The lowest BCUT2D eigenvalue weighted by Crippen LogP contribution is -2.38. The minimum atomic E-state index is -0.973. The molecule has 1 aliphatic carbocycles. The van der Waals surface area contributed by atoms with Crippen LogP contribution < -0.4 is 0 Å². The van der Waals surface area contributed by atoms with Crippen LogP contribution in [0.3, 0.4) is 0 Å². The van der Waals surface area contributed by atoms with E-state index in [-0.39, 0.29) is 17.7 Å². The second-order valence-electron chi connectivity index (χ2n) is 4.74. The molecule has 0 fully saturated rings. The van der Waals surface area contributed by atoms with E-state index < -0.39 is 12.6 Å². The first kappa shape index (κ1) is 14.0. The number of ketones is 1. The van der Waals surface area contributed by atoms with Gasteiger partial charge in [-0.05, 0) is 30.0 Å². The lowest BCUT2D eigenvalue weighted by molar-refractivity contribution is -0.132. The summed E-state index contributed by atoms with van der Waals surface area (Å²) in [6.45, 7) is -0.973. The highest BCUT2D eigenvalue weighted by molar-refractivity contribution is 6.30. The molecule has 0 saturated carbocycles. The van der Waals surface area contributed by atoms with Gasteiger partial charge in [-0.2, -0.15) is 0 Å². The van der Waals surface area contributed by atoms with E-state index in [1.807, 2.05) is 12.1 Å². The molecular formula is C14H15ClFNO2. The summed E-state index contributed by atoms with van der Waals surface area (Å²) in [4.78, 5) is 24.3. The van der Waals surface area contributed by atoms with Crippen molar-refractivity contribution in [1.29, 1.82) is 0 Å². The van der Waals surface area contributed by atoms with Crippen LogP contribution in [0.1, 0.15) is 21.5 Å². The number of carbonyl (C=O) groups excluding carboxylic acids is 2.